The molecule has 0 spiro atoms. The molecule has 0 aliphatic carbocycles. The maximum Gasteiger partial charge on any atom is 0.0916 e. The van der Waals surface area contributed by atoms with Crippen LogP contribution in [0.2, 0.25) is 0 Å². The van der Waals surface area contributed by atoms with Gasteiger partial charge in [0.05, 0.1) is 12.2 Å². The van der Waals surface area contributed by atoms with Crippen LogP contribution >= 0.6 is 0 Å². The second-order valence-electron chi connectivity index (χ2n) is 5.72. The molecule has 0 saturated carbocycles. The molecular weight excluding hydrogens is 238 g/mol. The lowest BCUT2D eigenvalue weighted by atomic mass is 10.0. The summed E-state index contributed by atoms with van der Waals surface area (Å²) in [5, 5.41) is 10.3. The van der Waals surface area contributed by atoms with Gasteiger partial charge in [0.15, 0.2) is 0 Å². The summed E-state index contributed by atoms with van der Waals surface area (Å²) >= 11 is 0. The molecule has 19 heavy (non-hydrogen) atoms. The number of benzene rings is 1. The molecule has 3 nitrogen and oxygen atoms in total. The Labute approximate surface area is 116 Å². The van der Waals surface area contributed by atoms with Gasteiger partial charge in [-0.05, 0) is 50.4 Å². The standard InChI is InChI=1S/C16H25NO2/c1-12-6-7-14(9-13(12)2)16(18)11-17(3)10-15-5-4-8-19-15/h6-7,9,15-16,18H,4-5,8,10-11H2,1-3H3. The van der Waals surface area contributed by atoms with E-state index in [0.29, 0.717) is 12.6 Å². The maximum atomic E-state index is 10.3. The molecule has 1 saturated heterocycles. The Balaban J connectivity index is 1.88. The van der Waals surface area contributed by atoms with Crippen molar-refractivity contribution in [1.29, 1.82) is 0 Å². The Kier molecular flexibility index (Phi) is 4.97. The first-order valence-electron chi connectivity index (χ1n) is 7.11. The smallest absolute Gasteiger partial charge is 0.0916 e. The summed E-state index contributed by atoms with van der Waals surface area (Å²) < 4.78 is 5.62. The minimum absolute atomic E-state index is 0.344. The molecule has 1 aromatic rings. The van der Waals surface area contributed by atoms with Gasteiger partial charge in [0, 0.05) is 19.7 Å². The highest BCUT2D eigenvalue weighted by Gasteiger charge is 2.19. The number of hydrogen-bond acceptors (Lipinski definition) is 3. The average Bonchev–Trinajstić information content (AvgIpc) is 2.85. The van der Waals surface area contributed by atoms with Crippen LogP contribution in [0, 0.1) is 13.8 Å². The van der Waals surface area contributed by atoms with Crippen molar-refractivity contribution in [2.75, 3.05) is 26.7 Å². The summed E-state index contributed by atoms with van der Waals surface area (Å²) in [7, 11) is 2.05. The van der Waals surface area contributed by atoms with Gasteiger partial charge in [0.2, 0.25) is 0 Å². The number of aryl methyl sites for hydroxylation is 2. The van der Waals surface area contributed by atoms with E-state index in [-0.39, 0.29) is 0 Å². The lowest BCUT2D eigenvalue weighted by Gasteiger charge is -2.23. The van der Waals surface area contributed by atoms with Crippen LogP contribution in [0.25, 0.3) is 0 Å². The number of hydrogen-bond donors (Lipinski definition) is 1. The highest BCUT2D eigenvalue weighted by molar-refractivity contribution is 5.31. The van der Waals surface area contributed by atoms with Crippen molar-refractivity contribution in [3.63, 3.8) is 0 Å². The first-order valence-corrected chi connectivity index (χ1v) is 7.11. The molecule has 0 bridgehead atoms. The van der Waals surface area contributed by atoms with Crippen molar-refractivity contribution in [2.45, 2.75) is 38.9 Å². The second-order valence-corrected chi connectivity index (χ2v) is 5.72. The molecule has 2 atom stereocenters. The third-order valence-electron chi connectivity index (χ3n) is 3.94. The molecular formula is C16H25NO2. The molecule has 1 heterocycles. The molecule has 0 amide bonds. The third-order valence-corrected chi connectivity index (χ3v) is 3.94. The molecule has 0 aromatic heterocycles. The Morgan fingerprint density at radius 1 is 1.37 bits per heavy atom. The first kappa shape index (κ1) is 14.5. The predicted octanol–water partition coefficient (Wildman–Crippen LogP) is 2.45. The highest BCUT2D eigenvalue weighted by Crippen LogP contribution is 2.19. The van der Waals surface area contributed by atoms with Crippen molar-refractivity contribution >= 4 is 0 Å². The molecule has 3 heteroatoms. The van der Waals surface area contributed by atoms with Crippen LogP contribution in [-0.4, -0.2) is 42.9 Å². The number of aliphatic hydroxyl groups excluding tert-OH is 1. The summed E-state index contributed by atoms with van der Waals surface area (Å²) in [4.78, 5) is 2.16. The van der Waals surface area contributed by atoms with Gasteiger partial charge < -0.3 is 14.7 Å². The second kappa shape index (κ2) is 6.51. The normalized spacial score (nSPS) is 21.0. The van der Waals surface area contributed by atoms with E-state index in [0.717, 1.165) is 31.6 Å². The minimum atomic E-state index is -0.425. The van der Waals surface area contributed by atoms with Crippen molar-refractivity contribution in [2.24, 2.45) is 0 Å². The molecule has 0 radical (unpaired) electrons. The van der Waals surface area contributed by atoms with Crippen LogP contribution in [0.4, 0.5) is 0 Å². The number of ether oxygens (including phenoxy) is 1. The van der Waals surface area contributed by atoms with Gasteiger partial charge in [-0.25, -0.2) is 0 Å². The topological polar surface area (TPSA) is 32.7 Å². The van der Waals surface area contributed by atoms with Gasteiger partial charge in [-0.1, -0.05) is 18.2 Å². The van der Waals surface area contributed by atoms with E-state index in [1.54, 1.807) is 0 Å². The molecule has 1 N–H and O–H groups in total. The van der Waals surface area contributed by atoms with E-state index in [1.165, 1.54) is 11.1 Å². The molecule has 1 aromatic carbocycles. The Bertz CT molecular complexity index is 413. The summed E-state index contributed by atoms with van der Waals surface area (Å²) in [6.45, 7) is 6.62. The van der Waals surface area contributed by atoms with E-state index in [9.17, 15) is 5.11 Å². The Hall–Kier alpha value is -0.900. The monoisotopic (exact) mass is 263 g/mol. The fraction of sp³-hybridized carbons (Fsp3) is 0.625. The van der Waals surface area contributed by atoms with Crippen LogP contribution in [0.5, 0.6) is 0 Å². The average molecular weight is 263 g/mol. The molecule has 1 fully saturated rings. The van der Waals surface area contributed by atoms with Crippen LogP contribution in [0.1, 0.15) is 35.6 Å². The lowest BCUT2D eigenvalue weighted by molar-refractivity contribution is 0.0602. The molecule has 1 aliphatic rings. The largest absolute Gasteiger partial charge is 0.387 e. The number of nitrogens with zero attached hydrogens (tertiary/aromatic N) is 1. The van der Waals surface area contributed by atoms with Crippen molar-refractivity contribution in [3.05, 3.63) is 34.9 Å². The van der Waals surface area contributed by atoms with Gasteiger partial charge in [-0.15, -0.1) is 0 Å². The quantitative estimate of drug-likeness (QED) is 0.885. The van der Waals surface area contributed by atoms with Crippen LogP contribution in [0.3, 0.4) is 0 Å². The van der Waals surface area contributed by atoms with Gasteiger partial charge in [0.1, 0.15) is 0 Å². The molecule has 2 rings (SSSR count). The minimum Gasteiger partial charge on any atom is -0.387 e. The maximum absolute atomic E-state index is 10.3. The van der Waals surface area contributed by atoms with E-state index in [4.69, 9.17) is 4.74 Å². The lowest BCUT2D eigenvalue weighted by Crippen LogP contribution is -2.32. The SMILES string of the molecule is Cc1ccc(C(O)CN(C)CC2CCCO2)cc1C. The van der Waals surface area contributed by atoms with Gasteiger partial charge in [-0.3, -0.25) is 0 Å². The zero-order valence-electron chi connectivity index (χ0n) is 12.2. The van der Waals surface area contributed by atoms with Crippen LogP contribution in [-0.2, 0) is 4.74 Å². The van der Waals surface area contributed by atoms with E-state index in [2.05, 4.69) is 30.9 Å². The van der Waals surface area contributed by atoms with Crippen molar-refractivity contribution in [1.82, 2.24) is 4.90 Å². The molecule has 1 aliphatic heterocycles. The number of rotatable bonds is 5. The first-order chi connectivity index (χ1) is 9.06. The number of likely N-dealkylation sites (N-methyl/N-ethyl adjacent to an activating group) is 1. The van der Waals surface area contributed by atoms with Gasteiger partial charge >= 0.3 is 0 Å². The summed E-state index contributed by atoms with van der Waals surface area (Å²) in [5.74, 6) is 0. The van der Waals surface area contributed by atoms with Crippen LogP contribution in [0.15, 0.2) is 18.2 Å². The summed E-state index contributed by atoms with van der Waals surface area (Å²) in [6, 6.07) is 6.18. The Morgan fingerprint density at radius 3 is 2.79 bits per heavy atom. The zero-order valence-corrected chi connectivity index (χ0v) is 12.2. The molecule has 106 valence electrons. The number of aliphatic hydroxyl groups is 1. The zero-order chi connectivity index (χ0) is 13.8. The van der Waals surface area contributed by atoms with E-state index < -0.39 is 6.10 Å². The van der Waals surface area contributed by atoms with E-state index >= 15 is 0 Å². The highest BCUT2D eigenvalue weighted by atomic mass is 16.5. The van der Waals surface area contributed by atoms with Gasteiger partial charge in [0.25, 0.3) is 0 Å². The predicted molar refractivity (Wildman–Crippen MR) is 77.3 cm³/mol. The third kappa shape index (κ3) is 4.03. The fourth-order valence-corrected chi connectivity index (χ4v) is 2.58. The van der Waals surface area contributed by atoms with Crippen LogP contribution < -0.4 is 0 Å². The van der Waals surface area contributed by atoms with E-state index in [1.807, 2.05) is 13.1 Å². The van der Waals surface area contributed by atoms with Crippen molar-refractivity contribution in [3.8, 4) is 0 Å². The summed E-state index contributed by atoms with van der Waals surface area (Å²) in [6.07, 6.45) is 2.23. The molecule has 2 unspecified atom stereocenters. The van der Waals surface area contributed by atoms with Crippen molar-refractivity contribution < 1.29 is 9.84 Å². The van der Waals surface area contributed by atoms with Gasteiger partial charge in [-0.2, -0.15) is 0 Å². The Morgan fingerprint density at radius 2 is 2.16 bits per heavy atom. The summed E-state index contributed by atoms with van der Waals surface area (Å²) in [5.41, 5.74) is 3.50. The fourth-order valence-electron chi connectivity index (χ4n) is 2.58.